The van der Waals surface area contributed by atoms with Crippen LogP contribution in [0.1, 0.15) is 45.4 Å². The number of benzene rings is 1. The van der Waals surface area contributed by atoms with Gasteiger partial charge in [-0.1, -0.05) is 19.1 Å². The largest absolute Gasteiger partial charge is 0.378 e. The van der Waals surface area contributed by atoms with Gasteiger partial charge in [-0.2, -0.15) is 9.69 Å². The van der Waals surface area contributed by atoms with Crippen molar-refractivity contribution in [1.82, 2.24) is 14.6 Å². The third-order valence-corrected chi connectivity index (χ3v) is 5.32. The predicted octanol–water partition coefficient (Wildman–Crippen LogP) is 1.77. The molecule has 2 aromatic rings. The second-order valence-corrected chi connectivity index (χ2v) is 7.33. The van der Waals surface area contributed by atoms with E-state index >= 15 is 0 Å². The minimum atomic E-state index is -0.361. The van der Waals surface area contributed by atoms with Crippen LogP contribution in [0.4, 0.5) is 0 Å². The van der Waals surface area contributed by atoms with E-state index in [2.05, 4.69) is 12.2 Å². The number of imidazole rings is 1. The minimum absolute atomic E-state index is 0.0547. The van der Waals surface area contributed by atoms with E-state index in [1.807, 2.05) is 19.2 Å². The Balaban J connectivity index is 1.85. The molecule has 0 bridgehead atoms. The SMILES string of the molecule is CCC(CCn1c(=O)n(N2C(=O)CCCC2=O)c2ccccc21)OCCCNC. The molecule has 1 saturated heterocycles. The molecule has 1 aromatic carbocycles. The third-order valence-electron chi connectivity index (χ3n) is 5.32. The Kier molecular flexibility index (Phi) is 7.22. The lowest BCUT2D eigenvalue weighted by Gasteiger charge is -2.25. The van der Waals surface area contributed by atoms with Gasteiger partial charge in [-0.25, -0.2) is 4.79 Å². The average molecular weight is 402 g/mol. The van der Waals surface area contributed by atoms with Gasteiger partial charge in [-0.05, 0) is 51.4 Å². The van der Waals surface area contributed by atoms with Crippen LogP contribution < -0.4 is 16.0 Å². The number of nitrogens with zero attached hydrogens (tertiary/aromatic N) is 3. The van der Waals surface area contributed by atoms with E-state index in [0.717, 1.165) is 24.4 Å². The Hall–Kier alpha value is -2.45. The number of ether oxygens (including phenoxy) is 1. The van der Waals surface area contributed by atoms with Crippen LogP contribution in [0.3, 0.4) is 0 Å². The predicted molar refractivity (Wildman–Crippen MR) is 111 cm³/mol. The van der Waals surface area contributed by atoms with Gasteiger partial charge in [-0.3, -0.25) is 14.2 Å². The summed E-state index contributed by atoms with van der Waals surface area (Å²) in [7, 11) is 1.91. The highest BCUT2D eigenvalue weighted by molar-refractivity contribution is 6.10. The first kappa shape index (κ1) is 21.3. The summed E-state index contributed by atoms with van der Waals surface area (Å²) in [6.45, 7) is 4.11. The molecular formula is C21H30N4O4. The number of hydrogen-bond acceptors (Lipinski definition) is 5. The summed E-state index contributed by atoms with van der Waals surface area (Å²) in [5, 5.41) is 4.12. The molecule has 0 radical (unpaired) electrons. The van der Waals surface area contributed by atoms with Crippen molar-refractivity contribution >= 4 is 22.8 Å². The van der Waals surface area contributed by atoms with Crippen LogP contribution in [0.2, 0.25) is 0 Å². The fourth-order valence-electron chi connectivity index (χ4n) is 3.74. The van der Waals surface area contributed by atoms with Crippen molar-refractivity contribution in [3.05, 3.63) is 34.7 Å². The molecule has 1 atom stereocenters. The van der Waals surface area contributed by atoms with E-state index in [1.54, 1.807) is 16.7 Å². The monoisotopic (exact) mass is 402 g/mol. The first-order chi connectivity index (χ1) is 14.1. The molecule has 0 saturated carbocycles. The number of carbonyl (C=O) groups excluding carboxylic acids is 2. The normalized spacial score (nSPS) is 16.0. The van der Waals surface area contributed by atoms with E-state index in [-0.39, 0.29) is 36.4 Å². The van der Waals surface area contributed by atoms with E-state index in [0.29, 0.717) is 37.0 Å². The third kappa shape index (κ3) is 4.59. The molecule has 3 rings (SSSR count). The number of imide groups is 1. The molecule has 1 aliphatic rings. The fourth-order valence-corrected chi connectivity index (χ4v) is 3.74. The molecule has 2 heterocycles. The number of piperidine rings is 1. The van der Waals surface area contributed by atoms with Gasteiger partial charge < -0.3 is 10.1 Å². The summed E-state index contributed by atoms with van der Waals surface area (Å²) in [5.41, 5.74) is 0.928. The summed E-state index contributed by atoms with van der Waals surface area (Å²) in [6.07, 6.45) is 3.61. The lowest BCUT2D eigenvalue weighted by molar-refractivity contribution is -0.131. The summed E-state index contributed by atoms with van der Waals surface area (Å²) < 4.78 is 8.83. The van der Waals surface area contributed by atoms with Crippen molar-refractivity contribution in [2.75, 3.05) is 25.2 Å². The van der Waals surface area contributed by atoms with Gasteiger partial charge in [-0.15, -0.1) is 0 Å². The number of carbonyl (C=O) groups is 2. The maximum atomic E-state index is 13.2. The average Bonchev–Trinajstić information content (AvgIpc) is 2.99. The van der Waals surface area contributed by atoms with Gasteiger partial charge >= 0.3 is 5.69 Å². The first-order valence-electron chi connectivity index (χ1n) is 10.4. The van der Waals surface area contributed by atoms with Crippen molar-refractivity contribution < 1.29 is 14.3 Å². The highest BCUT2D eigenvalue weighted by Crippen LogP contribution is 2.18. The molecule has 29 heavy (non-hydrogen) atoms. The van der Waals surface area contributed by atoms with Crippen molar-refractivity contribution in [2.45, 2.75) is 58.1 Å². The number of rotatable bonds is 10. The molecule has 1 aliphatic heterocycles. The zero-order chi connectivity index (χ0) is 20.8. The van der Waals surface area contributed by atoms with Gasteiger partial charge in [0.25, 0.3) is 0 Å². The van der Waals surface area contributed by atoms with Crippen LogP contribution in [-0.4, -0.2) is 47.4 Å². The fraction of sp³-hybridized carbons (Fsp3) is 0.571. The molecule has 1 unspecified atom stereocenters. The number of aryl methyl sites for hydroxylation is 1. The van der Waals surface area contributed by atoms with Crippen LogP contribution in [-0.2, 0) is 20.9 Å². The Bertz CT molecular complexity index is 901. The second kappa shape index (κ2) is 9.84. The highest BCUT2D eigenvalue weighted by Gasteiger charge is 2.31. The second-order valence-electron chi connectivity index (χ2n) is 7.33. The quantitative estimate of drug-likeness (QED) is 0.484. The van der Waals surface area contributed by atoms with E-state index in [4.69, 9.17) is 4.74 Å². The smallest absolute Gasteiger partial charge is 0.348 e. The van der Waals surface area contributed by atoms with Crippen LogP contribution in [0, 0.1) is 0 Å². The van der Waals surface area contributed by atoms with Gasteiger partial charge in [0.1, 0.15) is 0 Å². The van der Waals surface area contributed by atoms with E-state index in [1.165, 1.54) is 4.68 Å². The number of nitrogens with one attached hydrogen (secondary N) is 1. The standard InChI is InChI=1S/C21H30N4O4/c1-3-16(29-15-7-13-22-2)12-14-23-17-8-4-5-9-18(17)24(21(23)28)25-19(26)10-6-11-20(25)27/h4-5,8-9,16,22H,3,6-7,10-15H2,1-2H3. The van der Waals surface area contributed by atoms with Crippen LogP contribution in [0.5, 0.6) is 0 Å². The number of fused-ring (bicyclic) bond motifs is 1. The van der Waals surface area contributed by atoms with Crippen LogP contribution >= 0.6 is 0 Å². The highest BCUT2D eigenvalue weighted by atomic mass is 16.5. The molecule has 1 fully saturated rings. The lowest BCUT2D eigenvalue weighted by atomic mass is 10.1. The summed E-state index contributed by atoms with van der Waals surface area (Å²) in [4.78, 5) is 38.0. The van der Waals surface area contributed by atoms with Gasteiger partial charge in [0, 0.05) is 26.0 Å². The molecule has 0 aliphatic carbocycles. The topological polar surface area (TPSA) is 85.6 Å². The number of hydrogen-bond donors (Lipinski definition) is 1. The van der Waals surface area contributed by atoms with E-state index in [9.17, 15) is 14.4 Å². The molecule has 2 amide bonds. The van der Waals surface area contributed by atoms with Crippen molar-refractivity contribution in [1.29, 1.82) is 0 Å². The molecule has 1 N–H and O–H groups in total. The Morgan fingerprint density at radius 2 is 1.79 bits per heavy atom. The lowest BCUT2D eigenvalue weighted by Crippen LogP contribution is -2.52. The summed E-state index contributed by atoms with van der Waals surface area (Å²) in [5.74, 6) is -0.656. The molecule has 1 aromatic heterocycles. The van der Waals surface area contributed by atoms with Gasteiger partial charge in [0.05, 0.1) is 17.1 Å². The molecular weight excluding hydrogens is 372 g/mol. The number of aromatic nitrogens is 2. The molecule has 8 nitrogen and oxygen atoms in total. The zero-order valence-corrected chi connectivity index (χ0v) is 17.2. The molecule has 0 spiro atoms. The van der Waals surface area contributed by atoms with Crippen molar-refractivity contribution in [3.63, 3.8) is 0 Å². The van der Waals surface area contributed by atoms with Crippen LogP contribution in [0.15, 0.2) is 29.1 Å². The van der Waals surface area contributed by atoms with Crippen molar-refractivity contribution in [3.8, 4) is 0 Å². The molecule has 8 heteroatoms. The Morgan fingerprint density at radius 1 is 1.10 bits per heavy atom. The van der Waals surface area contributed by atoms with E-state index < -0.39 is 0 Å². The van der Waals surface area contributed by atoms with Crippen LogP contribution in [0.25, 0.3) is 11.0 Å². The Labute approximate surface area is 170 Å². The molecule has 158 valence electrons. The van der Waals surface area contributed by atoms with Gasteiger partial charge in [0.2, 0.25) is 11.8 Å². The van der Waals surface area contributed by atoms with Crippen molar-refractivity contribution in [2.24, 2.45) is 0 Å². The summed E-state index contributed by atoms with van der Waals surface area (Å²) in [6, 6.07) is 7.28. The number of para-hydroxylation sites is 2. The van der Waals surface area contributed by atoms with Gasteiger partial charge in [0.15, 0.2) is 0 Å². The zero-order valence-electron chi connectivity index (χ0n) is 17.2. The first-order valence-corrected chi connectivity index (χ1v) is 10.4. The maximum absolute atomic E-state index is 13.2. The summed E-state index contributed by atoms with van der Waals surface area (Å²) >= 11 is 0. The minimum Gasteiger partial charge on any atom is -0.378 e. The maximum Gasteiger partial charge on any atom is 0.348 e. The Morgan fingerprint density at radius 3 is 2.45 bits per heavy atom. The number of amides is 2.